The summed E-state index contributed by atoms with van der Waals surface area (Å²) in [5.74, 6) is 1.75. The Labute approximate surface area is 108 Å². The minimum atomic E-state index is 0.684. The van der Waals surface area contributed by atoms with Gasteiger partial charge in [-0.25, -0.2) is 0 Å². The highest BCUT2D eigenvalue weighted by Gasteiger charge is 2.34. The molecule has 0 heterocycles. The zero-order valence-corrected chi connectivity index (χ0v) is 12.7. The summed E-state index contributed by atoms with van der Waals surface area (Å²) >= 11 is 0. The van der Waals surface area contributed by atoms with Gasteiger partial charge >= 0.3 is 0 Å². The van der Waals surface area contributed by atoms with Crippen LogP contribution >= 0.6 is 0 Å². The summed E-state index contributed by atoms with van der Waals surface area (Å²) in [7, 11) is 4.43. The van der Waals surface area contributed by atoms with Gasteiger partial charge in [0.15, 0.2) is 0 Å². The fourth-order valence-electron chi connectivity index (χ4n) is 3.19. The molecule has 0 saturated heterocycles. The zero-order valence-electron chi connectivity index (χ0n) is 12.7. The third kappa shape index (κ3) is 3.69. The van der Waals surface area contributed by atoms with Crippen molar-refractivity contribution in [2.75, 3.05) is 14.1 Å². The van der Waals surface area contributed by atoms with E-state index in [4.69, 9.17) is 0 Å². The van der Waals surface area contributed by atoms with E-state index in [1.807, 2.05) is 0 Å². The lowest BCUT2D eigenvalue weighted by Gasteiger charge is -2.44. The Morgan fingerprint density at radius 3 is 2.35 bits per heavy atom. The Morgan fingerprint density at radius 1 is 1.24 bits per heavy atom. The summed E-state index contributed by atoms with van der Waals surface area (Å²) in [5, 5.41) is 3.53. The molecule has 1 aliphatic rings. The molecule has 4 unspecified atom stereocenters. The number of nitrogens with zero attached hydrogens (tertiary/aromatic N) is 1. The van der Waals surface area contributed by atoms with Crippen LogP contribution in [-0.2, 0) is 0 Å². The van der Waals surface area contributed by atoms with Crippen LogP contribution in [0.4, 0.5) is 0 Å². The quantitative estimate of drug-likeness (QED) is 0.794. The molecule has 1 rings (SSSR count). The molecule has 1 N–H and O–H groups in total. The molecule has 17 heavy (non-hydrogen) atoms. The zero-order chi connectivity index (χ0) is 13.0. The van der Waals surface area contributed by atoms with Crippen LogP contribution in [0.15, 0.2) is 0 Å². The fraction of sp³-hybridized carbons (Fsp3) is 1.00. The summed E-state index contributed by atoms with van der Waals surface area (Å²) in [6, 6.07) is 2.10. The van der Waals surface area contributed by atoms with Crippen molar-refractivity contribution in [3.05, 3.63) is 0 Å². The molecule has 1 saturated carbocycles. The number of nitrogens with one attached hydrogen (secondary N) is 1. The van der Waals surface area contributed by atoms with Gasteiger partial charge in [0.1, 0.15) is 0 Å². The normalized spacial score (nSPS) is 32.1. The molecule has 0 amide bonds. The van der Waals surface area contributed by atoms with Gasteiger partial charge in [-0.1, -0.05) is 20.8 Å². The topological polar surface area (TPSA) is 15.3 Å². The molecule has 1 aliphatic carbocycles. The first-order chi connectivity index (χ1) is 8.01. The second-order valence-corrected chi connectivity index (χ2v) is 6.20. The van der Waals surface area contributed by atoms with Crippen molar-refractivity contribution in [2.24, 2.45) is 11.8 Å². The van der Waals surface area contributed by atoms with E-state index in [0.717, 1.165) is 17.9 Å². The van der Waals surface area contributed by atoms with Crippen LogP contribution in [0.5, 0.6) is 0 Å². The molecule has 102 valence electrons. The monoisotopic (exact) mass is 240 g/mol. The summed E-state index contributed by atoms with van der Waals surface area (Å²) in [6.07, 6.45) is 5.35. The van der Waals surface area contributed by atoms with Crippen LogP contribution in [0.25, 0.3) is 0 Å². The lowest BCUT2D eigenvalue weighted by atomic mass is 9.76. The molecule has 0 aromatic heterocycles. The van der Waals surface area contributed by atoms with Gasteiger partial charge in [0.25, 0.3) is 0 Å². The second-order valence-electron chi connectivity index (χ2n) is 6.20. The van der Waals surface area contributed by atoms with E-state index >= 15 is 0 Å². The van der Waals surface area contributed by atoms with E-state index in [2.05, 4.69) is 52.0 Å². The fourth-order valence-corrected chi connectivity index (χ4v) is 3.19. The third-order valence-electron chi connectivity index (χ3n) is 4.98. The number of rotatable bonds is 5. The Bertz CT molecular complexity index is 215. The highest BCUT2D eigenvalue weighted by Crippen LogP contribution is 2.33. The minimum absolute atomic E-state index is 0.684. The smallest absolute Gasteiger partial charge is 0.0251 e. The molecule has 4 atom stereocenters. The molecular weight excluding hydrogens is 208 g/mol. The predicted molar refractivity (Wildman–Crippen MR) is 76.3 cm³/mol. The van der Waals surface area contributed by atoms with Crippen molar-refractivity contribution in [1.29, 1.82) is 0 Å². The Kier molecular flexibility index (Phi) is 5.94. The summed E-state index contributed by atoms with van der Waals surface area (Å²) in [6.45, 7) is 9.40. The molecule has 0 aromatic rings. The number of hydrogen-bond acceptors (Lipinski definition) is 2. The molecule has 1 fully saturated rings. The van der Waals surface area contributed by atoms with E-state index < -0.39 is 0 Å². The molecule has 0 radical (unpaired) electrons. The third-order valence-corrected chi connectivity index (χ3v) is 4.98. The van der Waals surface area contributed by atoms with Gasteiger partial charge in [0.2, 0.25) is 0 Å². The predicted octanol–water partition coefficient (Wildman–Crippen LogP) is 3.13. The van der Waals surface area contributed by atoms with Gasteiger partial charge in [-0.05, 0) is 58.5 Å². The van der Waals surface area contributed by atoms with E-state index in [1.165, 1.54) is 25.7 Å². The molecule has 2 nitrogen and oxygen atoms in total. The Morgan fingerprint density at radius 2 is 1.88 bits per heavy atom. The maximum atomic E-state index is 3.53. The molecule has 0 aromatic carbocycles. The molecule has 0 spiro atoms. The van der Waals surface area contributed by atoms with Crippen molar-refractivity contribution in [3.63, 3.8) is 0 Å². The highest BCUT2D eigenvalue weighted by molar-refractivity contribution is 4.91. The van der Waals surface area contributed by atoms with E-state index in [1.54, 1.807) is 0 Å². The SMILES string of the molecule is CCC(C)N(C)C1CC(C(C)C)CCC1NC. The van der Waals surface area contributed by atoms with Gasteiger partial charge in [-0.3, -0.25) is 4.90 Å². The largest absolute Gasteiger partial charge is 0.315 e. The first kappa shape index (κ1) is 15.0. The lowest BCUT2D eigenvalue weighted by molar-refractivity contribution is 0.0781. The van der Waals surface area contributed by atoms with Gasteiger partial charge in [-0.2, -0.15) is 0 Å². The molecule has 0 bridgehead atoms. The van der Waals surface area contributed by atoms with Gasteiger partial charge < -0.3 is 5.32 Å². The first-order valence-electron chi connectivity index (χ1n) is 7.40. The standard InChI is InChI=1S/C15H32N2/c1-7-12(4)17(6)15-10-13(11(2)3)8-9-14(15)16-5/h11-16H,7-10H2,1-6H3. The Balaban J connectivity index is 2.68. The van der Waals surface area contributed by atoms with Crippen molar-refractivity contribution in [2.45, 2.75) is 71.5 Å². The van der Waals surface area contributed by atoms with Crippen molar-refractivity contribution in [3.8, 4) is 0 Å². The average molecular weight is 240 g/mol. The lowest BCUT2D eigenvalue weighted by Crippen LogP contribution is -2.53. The molecular formula is C15H32N2. The van der Waals surface area contributed by atoms with Gasteiger partial charge in [-0.15, -0.1) is 0 Å². The number of hydrogen-bond donors (Lipinski definition) is 1. The second kappa shape index (κ2) is 6.75. The van der Waals surface area contributed by atoms with E-state index in [0.29, 0.717) is 12.1 Å². The molecule has 2 heteroatoms. The Hall–Kier alpha value is -0.0800. The van der Waals surface area contributed by atoms with E-state index in [9.17, 15) is 0 Å². The molecule has 0 aliphatic heterocycles. The van der Waals surface area contributed by atoms with Crippen LogP contribution in [0.3, 0.4) is 0 Å². The van der Waals surface area contributed by atoms with Crippen LogP contribution in [0.1, 0.15) is 53.4 Å². The highest BCUT2D eigenvalue weighted by atomic mass is 15.2. The summed E-state index contributed by atoms with van der Waals surface area (Å²) in [4.78, 5) is 2.61. The summed E-state index contributed by atoms with van der Waals surface area (Å²) < 4.78 is 0. The van der Waals surface area contributed by atoms with Crippen molar-refractivity contribution in [1.82, 2.24) is 10.2 Å². The van der Waals surface area contributed by atoms with Crippen LogP contribution in [0.2, 0.25) is 0 Å². The van der Waals surface area contributed by atoms with Gasteiger partial charge in [0, 0.05) is 18.1 Å². The number of likely N-dealkylation sites (N-methyl/N-ethyl adjacent to an activating group) is 2. The van der Waals surface area contributed by atoms with Crippen molar-refractivity contribution < 1.29 is 0 Å². The van der Waals surface area contributed by atoms with Crippen LogP contribution in [-0.4, -0.2) is 37.1 Å². The average Bonchev–Trinajstić information content (AvgIpc) is 2.35. The van der Waals surface area contributed by atoms with Crippen LogP contribution < -0.4 is 5.32 Å². The maximum Gasteiger partial charge on any atom is 0.0251 e. The van der Waals surface area contributed by atoms with Crippen LogP contribution in [0, 0.1) is 11.8 Å². The van der Waals surface area contributed by atoms with Crippen molar-refractivity contribution >= 4 is 0 Å². The maximum absolute atomic E-state index is 3.53. The van der Waals surface area contributed by atoms with Gasteiger partial charge in [0.05, 0.1) is 0 Å². The first-order valence-corrected chi connectivity index (χ1v) is 7.40. The minimum Gasteiger partial charge on any atom is -0.315 e. The summed E-state index contributed by atoms with van der Waals surface area (Å²) in [5.41, 5.74) is 0. The van der Waals surface area contributed by atoms with E-state index in [-0.39, 0.29) is 0 Å².